The Hall–Kier alpha value is -1.42. The lowest BCUT2D eigenvalue weighted by Crippen LogP contribution is -2.43. The maximum Gasteiger partial charge on any atom is 0.500 e. The summed E-state index contributed by atoms with van der Waals surface area (Å²) in [5, 5.41) is 5.66. The Morgan fingerprint density at radius 2 is 1.78 bits per heavy atom. The minimum Gasteiger partial charge on any atom is -0.377 e. The van der Waals surface area contributed by atoms with Crippen molar-refractivity contribution in [2.75, 3.05) is 34.4 Å². The molecule has 0 saturated heterocycles. The van der Waals surface area contributed by atoms with Gasteiger partial charge in [-0.1, -0.05) is 0 Å². The van der Waals surface area contributed by atoms with E-state index in [1.807, 2.05) is 13.1 Å². The van der Waals surface area contributed by atoms with Gasteiger partial charge in [0.2, 0.25) is 0 Å². The van der Waals surface area contributed by atoms with Crippen LogP contribution in [-0.4, -0.2) is 58.8 Å². The Balaban J connectivity index is 2.09. The number of hydrogen-bond donors (Lipinski definition) is 2. The number of aryl methyl sites for hydroxylation is 2. The molecule has 132 valence electrons. The van der Waals surface area contributed by atoms with Crippen LogP contribution in [-0.2, 0) is 19.8 Å². The average molecular weight is 344 g/mol. The first-order valence-corrected chi connectivity index (χ1v) is 9.65. The van der Waals surface area contributed by atoms with E-state index in [0.29, 0.717) is 19.1 Å². The summed E-state index contributed by atoms with van der Waals surface area (Å²) in [5.41, 5.74) is 0. The van der Waals surface area contributed by atoms with E-state index in [2.05, 4.69) is 20.2 Å². The molecule has 0 spiro atoms. The summed E-state index contributed by atoms with van der Waals surface area (Å²) in [5.74, 6) is 0.983. The van der Waals surface area contributed by atoms with Crippen molar-refractivity contribution in [2.24, 2.45) is 0 Å². The monoisotopic (exact) mass is 344 g/mol. The van der Waals surface area contributed by atoms with Gasteiger partial charge in [0, 0.05) is 59.4 Å². The van der Waals surface area contributed by atoms with Crippen LogP contribution in [0.1, 0.15) is 18.7 Å². The van der Waals surface area contributed by atoms with Crippen molar-refractivity contribution in [2.45, 2.75) is 32.4 Å². The van der Waals surface area contributed by atoms with Gasteiger partial charge in [-0.25, -0.2) is 9.78 Å². The summed E-state index contributed by atoms with van der Waals surface area (Å²) in [6, 6.07) is 0.503. The van der Waals surface area contributed by atoms with Crippen LogP contribution in [0.5, 0.6) is 0 Å². The zero-order chi connectivity index (χ0) is 17.1. The highest BCUT2D eigenvalue weighted by Gasteiger charge is 2.36. The molecule has 23 heavy (non-hydrogen) atoms. The minimum absolute atomic E-state index is 0.160. The molecule has 0 aliphatic carbocycles. The predicted octanol–water partition coefficient (Wildman–Crippen LogP) is 1.15. The second-order valence-corrected chi connectivity index (χ2v) is 8.19. The number of aromatic nitrogens is 2. The Morgan fingerprint density at radius 3 is 2.30 bits per heavy atom. The number of rotatable bonds is 11. The number of carbonyl (C=O) groups excluding carboxylic acids is 1. The third-order valence-corrected chi connectivity index (χ3v) is 6.50. The maximum atomic E-state index is 11.7. The number of urea groups is 1. The van der Waals surface area contributed by atoms with Crippen molar-refractivity contribution in [3.8, 4) is 0 Å². The number of hydrogen-bond acceptors (Lipinski definition) is 5. The molecular weight excluding hydrogens is 316 g/mol. The molecule has 0 aliphatic rings. The number of carbonyl (C=O) groups is 1. The van der Waals surface area contributed by atoms with E-state index in [-0.39, 0.29) is 6.03 Å². The summed E-state index contributed by atoms with van der Waals surface area (Å²) in [6.45, 7) is 3.98. The molecule has 0 fully saturated rings. The van der Waals surface area contributed by atoms with Crippen LogP contribution in [0.2, 0.25) is 6.04 Å². The largest absolute Gasteiger partial charge is 0.500 e. The molecule has 0 bridgehead atoms. The molecule has 9 heteroatoms. The van der Waals surface area contributed by atoms with Gasteiger partial charge in [-0.2, -0.15) is 0 Å². The topological polar surface area (TPSA) is 86.6 Å². The summed E-state index contributed by atoms with van der Waals surface area (Å²) in [4.78, 5) is 15.8. The summed E-state index contributed by atoms with van der Waals surface area (Å²) in [6.07, 6.45) is 5.31. The first kappa shape index (κ1) is 19.6. The second kappa shape index (κ2) is 10.4. The molecule has 1 rings (SSSR count). The van der Waals surface area contributed by atoms with Gasteiger partial charge in [0.1, 0.15) is 5.82 Å². The highest BCUT2D eigenvalue weighted by Crippen LogP contribution is 2.14. The summed E-state index contributed by atoms with van der Waals surface area (Å²) >= 11 is 0. The third kappa shape index (κ3) is 6.69. The maximum absolute atomic E-state index is 11.7. The van der Waals surface area contributed by atoms with Gasteiger partial charge in [-0.3, -0.25) is 0 Å². The van der Waals surface area contributed by atoms with Crippen LogP contribution >= 0.6 is 0 Å². The summed E-state index contributed by atoms with van der Waals surface area (Å²) in [7, 11) is 2.22. The lowest BCUT2D eigenvalue weighted by atomic mass is 10.4. The first-order valence-electron chi connectivity index (χ1n) is 7.72. The molecule has 0 aromatic carbocycles. The summed E-state index contributed by atoms with van der Waals surface area (Å²) < 4.78 is 18.0. The van der Waals surface area contributed by atoms with E-state index in [4.69, 9.17) is 13.3 Å². The lowest BCUT2D eigenvalue weighted by molar-refractivity contribution is 0.123. The average Bonchev–Trinajstić information content (AvgIpc) is 2.97. The fourth-order valence-corrected chi connectivity index (χ4v) is 3.94. The molecule has 2 N–H and O–H groups in total. The van der Waals surface area contributed by atoms with Crippen molar-refractivity contribution >= 4 is 14.8 Å². The van der Waals surface area contributed by atoms with E-state index in [9.17, 15) is 4.79 Å². The van der Waals surface area contributed by atoms with Gasteiger partial charge in [-0.05, 0) is 19.8 Å². The molecule has 0 atom stereocenters. The van der Waals surface area contributed by atoms with Crippen molar-refractivity contribution in [3.63, 3.8) is 0 Å². The van der Waals surface area contributed by atoms with Gasteiger partial charge < -0.3 is 28.5 Å². The zero-order valence-electron chi connectivity index (χ0n) is 14.4. The molecule has 0 unspecified atom stereocenters. The fraction of sp³-hybridized carbons (Fsp3) is 0.714. The highest BCUT2D eigenvalue weighted by atomic mass is 28.4. The highest BCUT2D eigenvalue weighted by molar-refractivity contribution is 6.60. The van der Waals surface area contributed by atoms with Gasteiger partial charge in [0.25, 0.3) is 0 Å². The Kier molecular flexibility index (Phi) is 8.85. The fourth-order valence-electron chi connectivity index (χ4n) is 2.22. The van der Waals surface area contributed by atoms with E-state index in [1.165, 1.54) is 0 Å². The van der Waals surface area contributed by atoms with Crippen molar-refractivity contribution in [1.29, 1.82) is 0 Å². The molecule has 1 heterocycles. The standard InChI is InChI=1S/C14H28N4O4Si/c1-13-15-9-11-18(13)10-5-7-16-14(19)17-8-6-12-23(20-2,21-3)22-4/h9,11H,5-8,10,12H2,1-4H3,(H2,16,17,19). The molecule has 1 aromatic heterocycles. The van der Waals surface area contributed by atoms with Crippen LogP contribution in [0.15, 0.2) is 12.4 Å². The normalized spacial score (nSPS) is 11.5. The Labute approximate surface area is 138 Å². The van der Waals surface area contributed by atoms with Crippen LogP contribution in [0.25, 0.3) is 0 Å². The van der Waals surface area contributed by atoms with Gasteiger partial charge in [0.15, 0.2) is 0 Å². The Morgan fingerprint density at radius 1 is 1.17 bits per heavy atom. The SMILES string of the molecule is CO[Si](CCCNC(=O)NCCCn1ccnc1C)(OC)OC. The lowest BCUT2D eigenvalue weighted by Gasteiger charge is -2.24. The zero-order valence-corrected chi connectivity index (χ0v) is 15.4. The van der Waals surface area contributed by atoms with Crippen molar-refractivity contribution < 1.29 is 18.1 Å². The van der Waals surface area contributed by atoms with Gasteiger partial charge >= 0.3 is 14.8 Å². The molecule has 1 aromatic rings. The smallest absolute Gasteiger partial charge is 0.377 e. The number of imidazole rings is 1. The van der Waals surface area contributed by atoms with Gasteiger partial charge in [-0.15, -0.1) is 0 Å². The molecule has 2 amide bonds. The van der Waals surface area contributed by atoms with Crippen LogP contribution in [0.3, 0.4) is 0 Å². The van der Waals surface area contributed by atoms with Crippen LogP contribution in [0, 0.1) is 6.92 Å². The molecule has 8 nitrogen and oxygen atoms in total. The molecule has 0 saturated carbocycles. The first-order chi connectivity index (χ1) is 11.1. The minimum atomic E-state index is -2.54. The van der Waals surface area contributed by atoms with Crippen molar-refractivity contribution in [3.05, 3.63) is 18.2 Å². The van der Waals surface area contributed by atoms with E-state index in [1.54, 1.807) is 27.5 Å². The molecule has 0 aliphatic heterocycles. The van der Waals surface area contributed by atoms with Crippen LogP contribution < -0.4 is 10.6 Å². The quantitative estimate of drug-likeness (QED) is 0.464. The number of nitrogens with one attached hydrogen (secondary N) is 2. The molecular formula is C14H28N4O4Si. The van der Waals surface area contributed by atoms with E-state index >= 15 is 0 Å². The van der Waals surface area contributed by atoms with Crippen molar-refractivity contribution in [1.82, 2.24) is 20.2 Å². The Bertz CT molecular complexity index is 457. The van der Waals surface area contributed by atoms with E-state index < -0.39 is 8.80 Å². The van der Waals surface area contributed by atoms with Crippen LogP contribution in [0.4, 0.5) is 4.79 Å². The predicted molar refractivity (Wildman–Crippen MR) is 89.2 cm³/mol. The third-order valence-electron chi connectivity index (χ3n) is 3.66. The van der Waals surface area contributed by atoms with E-state index in [0.717, 1.165) is 25.2 Å². The van der Waals surface area contributed by atoms with Gasteiger partial charge in [0.05, 0.1) is 0 Å². The molecule has 0 radical (unpaired) electrons. The number of nitrogens with zero attached hydrogens (tertiary/aromatic N) is 2. The second-order valence-electron chi connectivity index (χ2n) is 5.10. The number of amides is 2.